The molecule has 1 heterocycles. The zero-order valence-corrected chi connectivity index (χ0v) is 15.9. The summed E-state index contributed by atoms with van der Waals surface area (Å²) in [7, 11) is -4.77. The topological polar surface area (TPSA) is 129 Å². The molecule has 0 radical (unpaired) electrons. The van der Waals surface area contributed by atoms with Gasteiger partial charge in [0.1, 0.15) is 21.2 Å². The Kier molecular flexibility index (Phi) is 5.81. The summed E-state index contributed by atoms with van der Waals surface area (Å²) in [5.41, 5.74) is 0. The van der Waals surface area contributed by atoms with Crippen LogP contribution in [-0.2, 0) is 29.3 Å². The maximum Gasteiger partial charge on any atom is 0.229 e. The Labute approximate surface area is 158 Å². The van der Waals surface area contributed by atoms with Crippen LogP contribution in [-0.4, -0.2) is 53.0 Å². The van der Waals surface area contributed by atoms with E-state index in [9.17, 15) is 32.1 Å². The number of carbonyl (C=O) groups excluding carboxylic acids is 4. The van der Waals surface area contributed by atoms with Crippen LogP contribution in [0.5, 0.6) is 0 Å². The Morgan fingerprint density at radius 2 is 1.44 bits per heavy atom. The van der Waals surface area contributed by atoms with E-state index in [1.165, 1.54) is 4.90 Å². The van der Waals surface area contributed by atoms with Gasteiger partial charge in [0.15, 0.2) is 5.78 Å². The number of rotatable bonds is 6. The van der Waals surface area contributed by atoms with Gasteiger partial charge in [-0.05, 0) is 37.5 Å². The van der Waals surface area contributed by atoms with Crippen LogP contribution < -0.4 is 0 Å². The van der Waals surface area contributed by atoms with E-state index in [1.54, 1.807) is 0 Å². The minimum absolute atomic E-state index is 0.0942. The average Bonchev–Trinajstić information content (AvgIpc) is 3.07. The lowest BCUT2D eigenvalue weighted by molar-refractivity contribution is -0.139. The van der Waals surface area contributed by atoms with Gasteiger partial charge in [-0.15, -0.1) is 0 Å². The second-order valence-corrected chi connectivity index (χ2v) is 9.52. The first-order valence-corrected chi connectivity index (χ1v) is 11.0. The van der Waals surface area contributed by atoms with Crippen LogP contribution in [0.15, 0.2) is 0 Å². The van der Waals surface area contributed by atoms with Crippen molar-refractivity contribution in [3.05, 3.63) is 0 Å². The number of amides is 2. The molecule has 9 heteroatoms. The average molecular weight is 398 g/mol. The Bertz CT molecular complexity index is 736. The first-order chi connectivity index (χ1) is 12.7. The molecule has 2 atom stereocenters. The highest BCUT2D eigenvalue weighted by Gasteiger charge is 2.44. The molecule has 0 aromatic rings. The quantitative estimate of drug-likeness (QED) is 0.367. The van der Waals surface area contributed by atoms with Gasteiger partial charge in [-0.1, -0.05) is 12.8 Å². The summed E-state index contributed by atoms with van der Waals surface area (Å²) in [6.07, 6.45) is 4.59. The van der Waals surface area contributed by atoms with E-state index in [0.29, 0.717) is 38.1 Å². The molecule has 0 aromatic heterocycles. The molecular weight excluding hydrogens is 374 g/mol. The molecule has 3 aliphatic rings. The van der Waals surface area contributed by atoms with Crippen LogP contribution in [0.1, 0.15) is 57.8 Å². The van der Waals surface area contributed by atoms with E-state index in [2.05, 4.69) is 0 Å². The number of carbonyl (C=O) groups is 4. The molecule has 1 saturated heterocycles. The molecule has 3 rings (SSSR count). The molecule has 1 aliphatic heterocycles. The SMILES string of the molecule is O=C1CC(S(=O)(=O)[O-])C(=O)C1CCC1CCC(CN2C(=O)CCC2=O)CC1. The van der Waals surface area contributed by atoms with Gasteiger partial charge in [-0.2, -0.15) is 0 Å². The Hall–Kier alpha value is -1.61. The van der Waals surface area contributed by atoms with Crippen LogP contribution in [0.25, 0.3) is 0 Å². The Morgan fingerprint density at radius 3 is 1.96 bits per heavy atom. The van der Waals surface area contributed by atoms with Crippen LogP contribution in [0, 0.1) is 17.8 Å². The van der Waals surface area contributed by atoms with Crippen LogP contribution in [0.3, 0.4) is 0 Å². The number of hydrogen-bond donors (Lipinski definition) is 0. The molecule has 0 spiro atoms. The maximum atomic E-state index is 12.1. The molecule has 3 fully saturated rings. The summed E-state index contributed by atoms with van der Waals surface area (Å²) >= 11 is 0. The van der Waals surface area contributed by atoms with Crippen molar-refractivity contribution in [1.82, 2.24) is 4.90 Å². The van der Waals surface area contributed by atoms with Gasteiger partial charge in [0.2, 0.25) is 11.8 Å². The number of Topliss-reactive ketones (excluding diaryl/α,β-unsaturated/α-hetero) is 2. The minimum Gasteiger partial charge on any atom is -0.747 e. The summed E-state index contributed by atoms with van der Waals surface area (Å²) in [5.74, 6) is -1.71. The molecule has 2 aliphatic carbocycles. The predicted octanol–water partition coefficient (Wildman–Crippen LogP) is 0.794. The minimum atomic E-state index is -4.77. The molecule has 2 amide bonds. The predicted molar refractivity (Wildman–Crippen MR) is 92.2 cm³/mol. The lowest BCUT2D eigenvalue weighted by atomic mass is 9.78. The second-order valence-electron chi connectivity index (χ2n) is 7.97. The van der Waals surface area contributed by atoms with E-state index in [1.807, 2.05) is 0 Å². The van der Waals surface area contributed by atoms with Crippen LogP contribution in [0.4, 0.5) is 0 Å². The zero-order chi connectivity index (χ0) is 19.8. The third-order valence-corrected chi connectivity index (χ3v) is 7.31. The lowest BCUT2D eigenvalue weighted by Gasteiger charge is -2.31. The molecule has 2 saturated carbocycles. The fourth-order valence-corrected chi connectivity index (χ4v) is 5.36. The third kappa shape index (κ3) is 4.45. The normalized spacial score (nSPS) is 32.6. The highest BCUT2D eigenvalue weighted by atomic mass is 32.2. The van der Waals surface area contributed by atoms with Gasteiger partial charge in [-0.25, -0.2) is 8.42 Å². The van der Waals surface area contributed by atoms with Crippen molar-refractivity contribution in [2.45, 2.75) is 63.0 Å². The molecule has 8 nitrogen and oxygen atoms in total. The molecule has 0 aromatic carbocycles. The molecule has 27 heavy (non-hydrogen) atoms. The number of ketones is 2. The van der Waals surface area contributed by atoms with Crippen molar-refractivity contribution in [3.63, 3.8) is 0 Å². The van der Waals surface area contributed by atoms with Gasteiger partial charge >= 0.3 is 0 Å². The smallest absolute Gasteiger partial charge is 0.229 e. The van der Waals surface area contributed by atoms with Crippen molar-refractivity contribution >= 4 is 33.5 Å². The van der Waals surface area contributed by atoms with Crippen molar-refractivity contribution in [2.75, 3.05) is 6.54 Å². The first kappa shape index (κ1) is 20.1. The van der Waals surface area contributed by atoms with Gasteiger partial charge < -0.3 is 4.55 Å². The zero-order valence-electron chi connectivity index (χ0n) is 15.1. The Morgan fingerprint density at radius 1 is 0.889 bits per heavy atom. The van der Waals surface area contributed by atoms with Crippen molar-refractivity contribution < 1.29 is 32.1 Å². The molecule has 2 unspecified atom stereocenters. The molecule has 0 bridgehead atoms. The lowest BCUT2D eigenvalue weighted by Crippen LogP contribution is -2.35. The standard InChI is InChI=1S/C18H25NO7S/c20-14-9-15(27(24,25)26)18(23)13(14)6-5-11-1-3-12(4-2-11)10-19-16(21)7-8-17(19)22/h11-13,15H,1-10H2,(H,24,25,26)/p-1. The van der Waals surface area contributed by atoms with Gasteiger partial charge in [0.05, 0.1) is 5.92 Å². The highest BCUT2D eigenvalue weighted by Crippen LogP contribution is 2.35. The van der Waals surface area contributed by atoms with Crippen LogP contribution in [0.2, 0.25) is 0 Å². The number of nitrogens with zero attached hydrogens (tertiary/aromatic N) is 1. The van der Waals surface area contributed by atoms with E-state index in [0.717, 1.165) is 25.7 Å². The third-order valence-electron chi connectivity index (χ3n) is 6.21. The second kappa shape index (κ2) is 7.79. The maximum absolute atomic E-state index is 12.1. The summed E-state index contributed by atoms with van der Waals surface area (Å²) in [6, 6.07) is 0. The van der Waals surface area contributed by atoms with Gasteiger partial charge in [-0.3, -0.25) is 24.1 Å². The number of likely N-dealkylation sites (tertiary alicyclic amines) is 1. The van der Waals surface area contributed by atoms with Crippen molar-refractivity contribution in [2.24, 2.45) is 17.8 Å². The first-order valence-electron chi connectivity index (χ1n) is 9.51. The van der Waals surface area contributed by atoms with Crippen molar-refractivity contribution in [3.8, 4) is 0 Å². The highest BCUT2D eigenvalue weighted by molar-refractivity contribution is 7.87. The van der Waals surface area contributed by atoms with E-state index < -0.39 is 39.3 Å². The van der Waals surface area contributed by atoms with E-state index in [4.69, 9.17) is 0 Å². The summed E-state index contributed by atoms with van der Waals surface area (Å²) in [6.45, 7) is 0.479. The summed E-state index contributed by atoms with van der Waals surface area (Å²) in [4.78, 5) is 48.8. The molecule has 150 valence electrons. The molecular formula is C18H24NO7S-. The van der Waals surface area contributed by atoms with Crippen molar-refractivity contribution in [1.29, 1.82) is 0 Å². The monoisotopic (exact) mass is 398 g/mol. The Balaban J connectivity index is 1.45. The largest absolute Gasteiger partial charge is 0.747 e. The van der Waals surface area contributed by atoms with Crippen LogP contribution >= 0.6 is 0 Å². The summed E-state index contributed by atoms with van der Waals surface area (Å²) in [5, 5.41) is -1.71. The van der Waals surface area contributed by atoms with Gasteiger partial charge in [0, 0.05) is 25.8 Å². The summed E-state index contributed by atoms with van der Waals surface area (Å²) < 4.78 is 33.3. The number of imide groups is 1. The van der Waals surface area contributed by atoms with Gasteiger partial charge in [0.25, 0.3) is 0 Å². The fraction of sp³-hybridized carbons (Fsp3) is 0.778. The van der Waals surface area contributed by atoms with E-state index >= 15 is 0 Å². The molecule has 0 N–H and O–H groups in total. The number of hydrogen-bond acceptors (Lipinski definition) is 7. The fourth-order valence-electron chi connectivity index (χ4n) is 4.55. The van der Waals surface area contributed by atoms with E-state index in [-0.39, 0.29) is 17.7 Å².